The molecule has 21 heavy (non-hydrogen) atoms. The Kier molecular flexibility index (Phi) is 4.37. The Morgan fingerprint density at radius 3 is 2.62 bits per heavy atom. The van der Waals surface area contributed by atoms with E-state index in [1.807, 2.05) is 19.1 Å². The van der Waals surface area contributed by atoms with Crippen LogP contribution in [0.4, 0.5) is 0 Å². The predicted octanol–water partition coefficient (Wildman–Crippen LogP) is 2.95. The number of hydrogen-bond donors (Lipinski definition) is 2. The first-order valence-electron chi connectivity index (χ1n) is 6.46. The van der Waals surface area contributed by atoms with E-state index >= 15 is 0 Å². The Morgan fingerprint density at radius 1 is 1.33 bits per heavy atom. The zero-order valence-corrected chi connectivity index (χ0v) is 12.8. The highest BCUT2D eigenvalue weighted by molar-refractivity contribution is 7.13. The number of rotatable bonds is 4. The number of carbonyl (C=O) groups is 2. The zero-order chi connectivity index (χ0) is 15.6. The van der Waals surface area contributed by atoms with E-state index in [-0.39, 0.29) is 16.8 Å². The number of aryl methyl sites for hydroxylation is 2. The van der Waals surface area contributed by atoms with Gasteiger partial charge in [0.2, 0.25) is 0 Å². The molecule has 0 spiro atoms. The molecule has 0 aliphatic rings. The fourth-order valence-corrected chi connectivity index (χ4v) is 2.84. The molecule has 2 aromatic rings. The minimum atomic E-state index is -0.992. The fraction of sp³-hybridized carbons (Fsp3) is 0.267. The third kappa shape index (κ3) is 3.46. The van der Waals surface area contributed by atoms with E-state index in [4.69, 9.17) is 5.11 Å². The third-order valence-electron chi connectivity index (χ3n) is 3.01. The van der Waals surface area contributed by atoms with E-state index < -0.39 is 5.97 Å². The molecule has 0 saturated heterocycles. The first kappa shape index (κ1) is 15.2. The topological polar surface area (TPSA) is 79.3 Å². The maximum absolute atomic E-state index is 12.2. The number of aromatic carboxylic acids is 1. The molecule has 6 heteroatoms. The molecule has 2 rings (SSSR count). The van der Waals surface area contributed by atoms with E-state index in [0.717, 1.165) is 16.9 Å². The van der Waals surface area contributed by atoms with Gasteiger partial charge in [-0.1, -0.05) is 17.7 Å². The number of hydrogen-bond acceptors (Lipinski definition) is 4. The maximum Gasteiger partial charge on any atom is 0.347 e. The second-order valence-corrected chi connectivity index (χ2v) is 5.87. The maximum atomic E-state index is 12.2. The highest BCUT2D eigenvalue weighted by Crippen LogP contribution is 2.23. The summed E-state index contributed by atoms with van der Waals surface area (Å²) in [6.07, 6.45) is 0. The van der Waals surface area contributed by atoms with E-state index in [2.05, 4.69) is 10.3 Å². The Balaban J connectivity index is 2.14. The van der Waals surface area contributed by atoms with Crippen LogP contribution in [0.25, 0.3) is 0 Å². The standard InChI is InChI=1S/C15H16N2O3S/c1-8-5-4-6-11(7-8)13(18)16-10(3)14-17-9(2)12(21-14)15(19)20/h4-7,10H,1-3H3,(H,16,18)(H,19,20). The Morgan fingerprint density at radius 2 is 2.05 bits per heavy atom. The lowest BCUT2D eigenvalue weighted by atomic mass is 10.1. The van der Waals surface area contributed by atoms with Gasteiger partial charge in [-0.15, -0.1) is 11.3 Å². The number of aromatic nitrogens is 1. The van der Waals surface area contributed by atoms with E-state index in [1.165, 1.54) is 0 Å². The highest BCUT2D eigenvalue weighted by Gasteiger charge is 2.19. The van der Waals surface area contributed by atoms with Gasteiger partial charge in [0.1, 0.15) is 9.88 Å². The SMILES string of the molecule is Cc1cccc(C(=O)NC(C)c2nc(C)c(C(=O)O)s2)c1. The van der Waals surface area contributed by atoms with Crippen LogP contribution in [-0.4, -0.2) is 22.0 Å². The molecule has 1 amide bonds. The Bertz CT molecular complexity index is 694. The van der Waals surface area contributed by atoms with Crippen molar-refractivity contribution < 1.29 is 14.7 Å². The first-order chi connectivity index (χ1) is 9.88. The molecule has 0 bridgehead atoms. The van der Waals surface area contributed by atoms with Crippen LogP contribution >= 0.6 is 11.3 Å². The number of nitrogens with one attached hydrogen (secondary N) is 1. The van der Waals surface area contributed by atoms with Gasteiger partial charge in [-0.2, -0.15) is 0 Å². The number of nitrogens with zero attached hydrogens (tertiary/aromatic N) is 1. The predicted molar refractivity (Wildman–Crippen MR) is 80.9 cm³/mol. The molecule has 110 valence electrons. The zero-order valence-electron chi connectivity index (χ0n) is 12.0. The van der Waals surface area contributed by atoms with Crippen molar-refractivity contribution in [2.24, 2.45) is 0 Å². The van der Waals surface area contributed by atoms with Gasteiger partial charge >= 0.3 is 5.97 Å². The smallest absolute Gasteiger partial charge is 0.347 e. The Hall–Kier alpha value is -2.21. The summed E-state index contributed by atoms with van der Waals surface area (Å²) in [5.41, 5.74) is 2.06. The molecule has 1 unspecified atom stereocenters. The van der Waals surface area contributed by atoms with Gasteiger partial charge < -0.3 is 10.4 Å². The van der Waals surface area contributed by atoms with Gasteiger partial charge in [0.05, 0.1) is 11.7 Å². The van der Waals surface area contributed by atoms with E-state index in [1.54, 1.807) is 26.0 Å². The summed E-state index contributed by atoms with van der Waals surface area (Å²) in [6, 6.07) is 6.95. The molecule has 0 aliphatic heterocycles. The lowest BCUT2D eigenvalue weighted by molar-refractivity contribution is 0.0701. The normalized spacial score (nSPS) is 12.0. The molecular formula is C15H16N2O3S. The van der Waals surface area contributed by atoms with Crippen molar-refractivity contribution >= 4 is 23.2 Å². The summed E-state index contributed by atoms with van der Waals surface area (Å²) in [5, 5.41) is 12.5. The second kappa shape index (κ2) is 6.05. The van der Waals surface area contributed by atoms with E-state index in [0.29, 0.717) is 16.3 Å². The van der Waals surface area contributed by atoms with Crippen molar-refractivity contribution in [2.75, 3.05) is 0 Å². The number of carbonyl (C=O) groups excluding carboxylic acids is 1. The van der Waals surface area contributed by atoms with Gasteiger partial charge in [0.15, 0.2) is 0 Å². The van der Waals surface area contributed by atoms with Crippen molar-refractivity contribution in [1.29, 1.82) is 0 Å². The summed E-state index contributed by atoms with van der Waals surface area (Å²) in [4.78, 5) is 27.6. The summed E-state index contributed by atoms with van der Waals surface area (Å²) >= 11 is 1.09. The van der Waals surface area contributed by atoms with Gasteiger partial charge in [-0.25, -0.2) is 9.78 Å². The third-order valence-corrected chi connectivity index (χ3v) is 4.33. The minimum Gasteiger partial charge on any atom is -0.477 e. The quantitative estimate of drug-likeness (QED) is 0.910. The number of benzene rings is 1. The van der Waals surface area contributed by atoms with Crippen LogP contribution in [-0.2, 0) is 0 Å². The largest absolute Gasteiger partial charge is 0.477 e. The molecule has 1 heterocycles. The average molecular weight is 304 g/mol. The number of carboxylic acid groups (broad SMARTS) is 1. The van der Waals surface area contributed by atoms with Crippen molar-refractivity contribution in [3.8, 4) is 0 Å². The van der Waals surface area contributed by atoms with Crippen LogP contribution < -0.4 is 5.32 Å². The van der Waals surface area contributed by atoms with Gasteiger partial charge in [-0.3, -0.25) is 4.79 Å². The summed E-state index contributed by atoms with van der Waals surface area (Å²) in [6.45, 7) is 5.36. The van der Waals surface area contributed by atoms with Gasteiger partial charge in [0.25, 0.3) is 5.91 Å². The number of thiazole rings is 1. The van der Waals surface area contributed by atoms with Crippen molar-refractivity contribution in [3.63, 3.8) is 0 Å². The first-order valence-corrected chi connectivity index (χ1v) is 7.28. The van der Waals surface area contributed by atoms with Crippen molar-refractivity contribution in [1.82, 2.24) is 10.3 Å². The van der Waals surface area contributed by atoms with E-state index in [9.17, 15) is 9.59 Å². The number of carboxylic acids is 1. The summed E-state index contributed by atoms with van der Waals surface area (Å²) in [5.74, 6) is -1.19. The molecule has 1 atom stereocenters. The molecule has 0 fully saturated rings. The van der Waals surface area contributed by atoms with Crippen LogP contribution in [0, 0.1) is 13.8 Å². The van der Waals surface area contributed by atoms with Crippen molar-refractivity contribution in [3.05, 3.63) is 51.0 Å². The lowest BCUT2D eigenvalue weighted by Gasteiger charge is -2.11. The fourth-order valence-electron chi connectivity index (χ4n) is 1.93. The second-order valence-electron chi connectivity index (χ2n) is 4.84. The van der Waals surface area contributed by atoms with Crippen LogP contribution in [0.15, 0.2) is 24.3 Å². The average Bonchev–Trinajstić information content (AvgIpc) is 2.81. The Labute approximate surface area is 126 Å². The van der Waals surface area contributed by atoms with Crippen LogP contribution in [0.3, 0.4) is 0 Å². The summed E-state index contributed by atoms with van der Waals surface area (Å²) < 4.78 is 0. The molecule has 5 nitrogen and oxygen atoms in total. The molecule has 1 aromatic carbocycles. The van der Waals surface area contributed by atoms with Crippen LogP contribution in [0.2, 0.25) is 0 Å². The number of amides is 1. The molecule has 1 aromatic heterocycles. The molecule has 0 saturated carbocycles. The monoisotopic (exact) mass is 304 g/mol. The molecular weight excluding hydrogens is 288 g/mol. The summed E-state index contributed by atoms with van der Waals surface area (Å²) in [7, 11) is 0. The molecule has 0 radical (unpaired) electrons. The van der Waals surface area contributed by atoms with Gasteiger partial charge in [-0.05, 0) is 32.9 Å². The van der Waals surface area contributed by atoms with Gasteiger partial charge in [0, 0.05) is 5.56 Å². The highest BCUT2D eigenvalue weighted by atomic mass is 32.1. The molecule has 2 N–H and O–H groups in total. The van der Waals surface area contributed by atoms with Crippen LogP contribution in [0.1, 0.15) is 49.3 Å². The van der Waals surface area contributed by atoms with Crippen LogP contribution in [0.5, 0.6) is 0 Å². The lowest BCUT2D eigenvalue weighted by Crippen LogP contribution is -2.26. The molecule has 0 aliphatic carbocycles. The van der Waals surface area contributed by atoms with Crippen molar-refractivity contribution in [2.45, 2.75) is 26.8 Å². The minimum absolute atomic E-state index is 0.198.